The summed E-state index contributed by atoms with van der Waals surface area (Å²) in [6, 6.07) is 2.33. The normalized spacial score (nSPS) is 32.9. The van der Waals surface area contributed by atoms with Crippen molar-refractivity contribution in [3.05, 3.63) is 17.7 Å². The first kappa shape index (κ1) is 19.5. The van der Waals surface area contributed by atoms with Gasteiger partial charge in [-0.2, -0.15) is 0 Å². The van der Waals surface area contributed by atoms with E-state index >= 15 is 0 Å². The third-order valence-corrected chi connectivity index (χ3v) is 7.88. The Balaban J connectivity index is 1.28. The van der Waals surface area contributed by atoms with Gasteiger partial charge in [0.15, 0.2) is 17.2 Å². The van der Waals surface area contributed by atoms with Gasteiger partial charge in [0.2, 0.25) is 5.91 Å². The Morgan fingerprint density at radius 2 is 1.30 bits per heavy atom. The number of phenolic OH excluding ortho intramolecular Hbond substituents is 3. The molecule has 5 aliphatic rings. The second kappa shape index (κ2) is 7.06. The van der Waals surface area contributed by atoms with Gasteiger partial charge in [-0.15, -0.1) is 0 Å². The van der Waals surface area contributed by atoms with E-state index in [9.17, 15) is 24.9 Å². The summed E-state index contributed by atoms with van der Waals surface area (Å²) in [5.74, 6) is 0.481. The van der Waals surface area contributed by atoms with Gasteiger partial charge in [-0.25, -0.2) is 0 Å². The van der Waals surface area contributed by atoms with Crippen LogP contribution in [0.2, 0.25) is 0 Å². The van der Waals surface area contributed by atoms with Crippen molar-refractivity contribution in [3.8, 4) is 17.2 Å². The maximum absolute atomic E-state index is 13.6. The van der Waals surface area contributed by atoms with Crippen LogP contribution in [0.3, 0.4) is 0 Å². The molecule has 0 atom stereocenters. The largest absolute Gasteiger partial charge is 0.504 e. The monoisotopic (exact) mass is 414 g/mol. The average molecular weight is 415 g/mol. The van der Waals surface area contributed by atoms with Gasteiger partial charge < -0.3 is 25.1 Å². The smallest absolute Gasteiger partial charge is 0.254 e. The van der Waals surface area contributed by atoms with Gasteiger partial charge in [-0.1, -0.05) is 0 Å². The van der Waals surface area contributed by atoms with E-state index in [-0.39, 0.29) is 16.9 Å². The minimum absolute atomic E-state index is 0.128. The predicted octanol–water partition coefficient (Wildman–Crippen LogP) is 2.69. The molecule has 0 aromatic heterocycles. The lowest BCUT2D eigenvalue weighted by atomic mass is 9.49. The van der Waals surface area contributed by atoms with E-state index in [1.165, 1.54) is 31.4 Å². The summed E-state index contributed by atoms with van der Waals surface area (Å²) in [6.07, 6.45) is 7.76. The van der Waals surface area contributed by atoms with Crippen LogP contribution in [0.1, 0.15) is 55.3 Å². The van der Waals surface area contributed by atoms with Gasteiger partial charge in [-0.3, -0.25) is 9.59 Å². The van der Waals surface area contributed by atoms with Crippen LogP contribution in [0.4, 0.5) is 0 Å². The molecule has 1 heterocycles. The number of carbonyl (C=O) groups excluding carboxylic acids is 2. The van der Waals surface area contributed by atoms with E-state index < -0.39 is 17.2 Å². The molecule has 7 heteroatoms. The number of rotatable bonds is 2. The molecule has 7 nitrogen and oxygen atoms in total. The summed E-state index contributed by atoms with van der Waals surface area (Å²) in [5, 5.41) is 28.9. The summed E-state index contributed by atoms with van der Waals surface area (Å²) in [7, 11) is 0. The van der Waals surface area contributed by atoms with Crippen molar-refractivity contribution in [1.82, 2.24) is 9.80 Å². The van der Waals surface area contributed by atoms with Gasteiger partial charge in [-0.05, 0) is 74.8 Å². The number of nitrogens with zero attached hydrogens (tertiary/aromatic N) is 2. The summed E-state index contributed by atoms with van der Waals surface area (Å²) in [4.78, 5) is 30.1. The molecule has 0 radical (unpaired) electrons. The summed E-state index contributed by atoms with van der Waals surface area (Å²) in [5.41, 5.74) is -0.0358. The first-order chi connectivity index (χ1) is 14.3. The Bertz CT molecular complexity index is 824. The molecule has 4 aliphatic carbocycles. The second-order valence-electron chi connectivity index (χ2n) is 10.00. The van der Waals surface area contributed by atoms with Crippen molar-refractivity contribution in [2.75, 3.05) is 26.2 Å². The van der Waals surface area contributed by atoms with Gasteiger partial charge >= 0.3 is 0 Å². The Morgan fingerprint density at radius 3 is 1.87 bits per heavy atom. The lowest BCUT2D eigenvalue weighted by Crippen LogP contribution is -2.55. The first-order valence-corrected chi connectivity index (χ1v) is 11.2. The molecule has 0 spiro atoms. The Morgan fingerprint density at radius 1 is 0.800 bits per heavy atom. The zero-order valence-electron chi connectivity index (χ0n) is 17.2. The van der Waals surface area contributed by atoms with E-state index in [0.29, 0.717) is 38.5 Å². The van der Waals surface area contributed by atoms with Gasteiger partial charge in [0, 0.05) is 31.7 Å². The van der Waals surface area contributed by atoms with E-state index in [0.717, 1.165) is 37.0 Å². The third kappa shape index (κ3) is 3.19. The van der Waals surface area contributed by atoms with E-state index in [1.807, 2.05) is 4.90 Å². The van der Waals surface area contributed by atoms with Crippen LogP contribution in [0.15, 0.2) is 12.1 Å². The molecular formula is C23H30N2O5. The number of benzene rings is 1. The molecule has 1 saturated heterocycles. The van der Waals surface area contributed by atoms with Gasteiger partial charge in [0.05, 0.1) is 5.41 Å². The number of carbonyl (C=O) groups is 2. The summed E-state index contributed by atoms with van der Waals surface area (Å²) < 4.78 is 0. The quantitative estimate of drug-likeness (QED) is 0.646. The Kier molecular flexibility index (Phi) is 4.60. The van der Waals surface area contributed by atoms with Gasteiger partial charge in [0.25, 0.3) is 5.91 Å². The van der Waals surface area contributed by atoms with Crippen molar-refractivity contribution in [2.24, 2.45) is 23.2 Å². The first-order valence-electron chi connectivity index (χ1n) is 11.2. The van der Waals surface area contributed by atoms with E-state index in [4.69, 9.17) is 0 Å². The highest BCUT2D eigenvalue weighted by atomic mass is 16.3. The minimum atomic E-state index is -0.630. The van der Waals surface area contributed by atoms with Crippen molar-refractivity contribution in [3.63, 3.8) is 0 Å². The molecule has 162 valence electrons. The molecule has 1 aromatic carbocycles. The van der Waals surface area contributed by atoms with Crippen LogP contribution >= 0.6 is 0 Å². The van der Waals surface area contributed by atoms with Crippen LogP contribution < -0.4 is 0 Å². The zero-order valence-corrected chi connectivity index (χ0v) is 17.2. The zero-order chi connectivity index (χ0) is 21.0. The van der Waals surface area contributed by atoms with E-state index in [2.05, 4.69) is 0 Å². The topological polar surface area (TPSA) is 101 Å². The van der Waals surface area contributed by atoms with Crippen LogP contribution in [-0.2, 0) is 4.79 Å². The molecular weight excluding hydrogens is 384 g/mol. The number of amides is 2. The number of aromatic hydroxyl groups is 3. The predicted molar refractivity (Wildman–Crippen MR) is 109 cm³/mol. The minimum Gasteiger partial charge on any atom is -0.504 e. The fraction of sp³-hybridized carbons (Fsp3) is 0.652. The van der Waals surface area contributed by atoms with Crippen LogP contribution in [0.5, 0.6) is 17.2 Å². The average Bonchev–Trinajstić information content (AvgIpc) is 2.95. The maximum atomic E-state index is 13.6. The van der Waals surface area contributed by atoms with Crippen molar-refractivity contribution in [2.45, 2.75) is 44.9 Å². The lowest BCUT2D eigenvalue weighted by Gasteiger charge is -2.56. The molecule has 2 amide bonds. The standard InChI is InChI=1S/C23H30N2O5/c26-18-9-17(10-19(27)20(18)28)21(29)24-2-1-3-25(5-4-24)22(30)23-11-14-6-15(12-23)8-16(7-14)13-23/h9-10,14-16,26-28H,1-8,11-13H2. The fourth-order valence-corrected chi connectivity index (χ4v) is 6.94. The molecule has 1 aliphatic heterocycles. The SMILES string of the molecule is O=C(c1cc(O)c(O)c(O)c1)N1CCCN(C(=O)C23CC4CC(CC(C4)C2)C3)CC1. The second-order valence-corrected chi connectivity index (χ2v) is 10.00. The van der Waals surface area contributed by atoms with Crippen molar-refractivity contribution >= 4 is 11.8 Å². The fourth-order valence-electron chi connectivity index (χ4n) is 6.94. The molecule has 6 rings (SSSR count). The van der Waals surface area contributed by atoms with Crippen LogP contribution in [0, 0.1) is 23.2 Å². The molecule has 30 heavy (non-hydrogen) atoms. The molecule has 4 saturated carbocycles. The van der Waals surface area contributed by atoms with Gasteiger partial charge in [0.1, 0.15) is 0 Å². The van der Waals surface area contributed by atoms with Crippen molar-refractivity contribution in [1.29, 1.82) is 0 Å². The van der Waals surface area contributed by atoms with Crippen molar-refractivity contribution < 1.29 is 24.9 Å². The molecule has 3 N–H and O–H groups in total. The molecule has 5 fully saturated rings. The maximum Gasteiger partial charge on any atom is 0.254 e. The Hall–Kier alpha value is -2.44. The molecule has 1 aromatic rings. The Labute approximate surface area is 176 Å². The highest BCUT2D eigenvalue weighted by molar-refractivity contribution is 5.95. The number of hydrogen-bond acceptors (Lipinski definition) is 5. The summed E-state index contributed by atoms with van der Waals surface area (Å²) >= 11 is 0. The number of phenols is 3. The molecule has 4 bridgehead atoms. The van der Waals surface area contributed by atoms with Crippen LogP contribution in [-0.4, -0.2) is 63.1 Å². The highest BCUT2D eigenvalue weighted by Crippen LogP contribution is 2.60. The molecule has 0 unspecified atom stereocenters. The lowest BCUT2D eigenvalue weighted by molar-refractivity contribution is -0.157. The highest BCUT2D eigenvalue weighted by Gasteiger charge is 2.55. The third-order valence-electron chi connectivity index (χ3n) is 7.88. The van der Waals surface area contributed by atoms with E-state index in [1.54, 1.807) is 4.90 Å². The van der Waals surface area contributed by atoms with Crippen LogP contribution in [0.25, 0.3) is 0 Å². The summed E-state index contributed by atoms with van der Waals surface area (Å²) in [6.45, 7) is 2.13. The number of hydrogen-bond donors (Lipinski definition) is 3.